The van der Waals surface area contributed by atoms with Crippen molar-refractivity contribution in [2.45, 2.75) is 0 Å². The summed E-state index contributed by atoms with van der Waals surface area (Å²) in [6.07, 6.45) is 2.00. The van der Waals surface area contributed by atoms with Gasteiger partial charge < -0.3 is 0 Å². The molecule has 1 rings (SSSR count). The van der Waals surface area contributed by atoms with E-state index >= 15 is 0 Å². The van der Waals surface area contributed by atoms with Gasteiger partial charge in [-0.2, -0.15) is 0 Å². The van der Waals surface area contributed by atoms with Crippen LogP contribution in [0.5, 0.6) is 0 Å². The van der Waals surface area contributed by atoms with Gasteiger partial charge in [0.15, 0.2) is 0 Å². The first kappa shape index (κ1) is 8.85. The van der Waals surface area contributed by atoms with Crippen molar-refractivity contribution >= 4 is 37.4 Å². The summed E-state index contributed by atoms with van der Waals surface area (Å²) in [5, 5.41) is 0. The van der Waals surface area contributed by atoms with E-state index in [-0.39, 0.29) is 0 Å². The summed E-state index contributed by atoms with van der Waals surface area (Å²) in [6.45, 7) is 0. The van der Waals surface area contributed by atoms with Gasteiger partial charge in [-0.3, -0.25) is 0 Å². The molecule has 3 heteroatoms. The summed E-state index contributed by atoms with van der Waals surface area (Å²) < 4.78 is 0.969. The third kappa shape index (κ3) is 3.10. The quantitative estimate of drug-likeness (QED) is 0.408. The number of aliphatic imine (C=N–C) groups is 1. The van der Waals surface area contributed by atoms with Crippen molar-refractivity contribution in [3.8, 4) is 0 Å². The van der Waals surface area contributed by atoms with E-state index < -0.39 is 0 Å². The third-order valence-corrected chi connectivity index (χ3v) is 2.83. The molecule has 0 aromatic heterocycles. The summed E-state index contributed by atoms with van der Waals surface area (Å²) >= 11 is 4.50. The molecule has 57 valence electrons. The molecule has 0 heterocycles. The second-order valence-corrected chi connectivity index (χ2v) is 4.11. The van der Waals surface area contributed by atoms with Gasteiger partial charge in [0.2, 0.25) is 0 Å². The molecule has 0 aliphatic rings. The Hall–Kier alpha value is -0.241. The molecular formula is C8H8NSSe. The summed E-state index contributed by atoms with van der Waals surface area (Å²) in [5.41, 5.74) is 0.996. The van der Waals surface area contributed by atoms with Crippen LogP contribution in [0.2, 0.25) is 0 Å². The van der Waals surface area contributed by atoms with Crippen molar-refractivity contribution in [2.24, 2.45) is 4.99 Å². The van der Waals surface area contributed by atoms with E-state index in [1.54, 1.807) is 11.8 Å². The molecule has 0 unspecified atom stereocenters. The summed E-state index contributed by atoms with van der Waals surface area (Å²) in [4.78, 5) is 4.30. The number of hydrogen-bond donors (Lipinski definition) is 0. The number of nitrogens with zero attached hydrogens (tertiary/aromatic N) is 1. The molecule has 0 aliphatic heterocycles. The van der Waals surface area contributed by atoms with Crippen LogP contribution in [-0.4, -0.2) is 26.2 Å². The Balaban J connectivity index is 2.79. The molecule has 0 saturated heterocycles. The monoisotopic (exact) mass is 230 g/mol. The van der Waals surface area contributed by atoms with Gasteiger partial charge in [0.1, 0.15) is 0 Å². The molecule has 0 aliphatic carbocycles. The van der Waals surface area contributed by atoms with E-state index in [2.05, 4.69) is 21.0 Å². The van der Waals surface area contributed by atoms with Crippen molar-refractivity contribution in [2.75, 3.05) is 6.26 Å². The van der Waals surface area contributed by atoms with E-state index in [0.717, 1.165) is 9.63 Å². The molecule has 0 atom stereocenters. The van der Waals surface area contributed by atoms with Crippen LogP contribution in [0.15, 0.2) is 35.3 Å². The van der Waals surface area contributed by atoms with Crippen LogP contribution in [0.3, 0.4) is 0 Å². The normalized spacial score (nSPS) is 11.5. The topological polar surface area (TPSA) is 12.4 Å². The molecule has 1 aromatic rings. The predicted molar refractivity (Wildman–Crippen MR) is 52.8 cm³/mol. The summed E-state index contributed by atoms with van der Waals surface area (Å²) in [7, 11) is 0. The number of hydrogen-bond acceptors (Lipinski definition) is 2. The van der Waals surface area contributed by atoms with Crippen LogP contribution >= 0.6 is 11.8 Å². The van der Waals surface area contributed by atoms with Crippen molar-refractivity contribution in [1.29, 1.82) is 0 Å². The van der Waals surface area contributed by atoms with Crippen molar-refractivity contribution < 1.29 is 0 Å². The van der Waals surface area contributed by atoms with Gasteiger partial charge in [-0.15, -0.1) is 0 Å². The minimum absolute atomic E-state index is 0.969. The second kappa shape index (κ2) is 4.60. The average Bonchev–Trinajstić information content (AvgIpc) is 2.06. The van der Waals surface area contributed by atoms with Crippen molar-refractivity contribution in [3.63, 3.8) is 0 Å². The summed E-state index contributed by atoms with van der Waals surface area (Å²) in [5.74, 6) is 0. The first-order valence-corrected chi connectivity index (χ1v) is 5.26. The number of para-hydroxylation sites is 1. The SMILES string of the molecule is CSC([Se])=Nc1ccccc1. The fourth-order valence-electron chi connectivity index (χ4n) is 0.654. The Morgan fingerprint density at radius 2 is 2.00 bits per heavy atom. The van der Waals surface area contributed by atoms with Crippen LogP contribution in [-0.2, 0) is 0 Å². The number of benzene rings is 1. The van der Waals surface area contributed by atoms with E-state index in [9.17, 15) is 0 Å². The van der Waals surface area contributed by atoms with Gasteiger partial charge in [0.25, 0.3) is 0 Å². The standard InChI is InChI=1S/C8H8NSSe/c1-10-8(11)9-7-5-3-2-4-6-7/h2-6H,1H3. The molecule has 0 fully saturated rings. The third-order valence-electron chi connectivity index (χ3n) is 1.15. The number of rotatable bonds is 1. The Labute approximate surface area is 79.1 Å². The average molecular weight is 229 g/mol. The fraction of sp³-hybridized carbons (Fsp3) is 0.125. The zero-order chi connectivity index (χ0) is 8.10. The van der Waals surface area contributed by atoms with Crippen LogP contribution in [0.4, 0.5) is 5.69 Å². The minimum atomic E-state index is 0.969. The van der Waals surface area contributed by atoms with Gasteiger partial charge in [0.05, 0.1) is 0 Å². The molecule has 0 N–H and O–H groups in total. The number of thioether (sulfide) groups is 1. The van der Waals surface area contributed by atoms with Gasteiger partial charge >= 0.3 is 79.0 Å². The Kier molecular flexibility index (Phi) is 3.70. The zero-order valence-corrected chi connectivity index (χ0v) is 8.68. The van der Waals surface area contributed by atoms with Crippen LogP contribution in [0, 0.1) is 0 Å². The molecule has 0 bridgehead atoms. The van der Waals surface area contributed by atoms with Gasteiger partial charge in [-0.05, 0) is 0 Å². The Morgan fingerprint density at radius 1 is 1.36 bits per heavy atom. The van der Waals surface area contributed by atoms with Gasteiger partial charge in [-0.1, -0.05) is 0 Å². The molecule has 0 spiro atoms. The molecule has 1 aromatic carbocycles. The van der Waals surface area contributed by atoms with E-state index in [4.69, 9.17) is 0 Å². The van der Waals surface area contributed by atoms with Crippen molar-refractivity contribution in [1.82, 2.24) is 0 Å². The first-order valence-electron chi connectivity index (χ1n) is 3.17. The van der Waals surface area contributed by atoms with E-state index in [1.165, 1.54) is 0 Å². The van der Waals surface area contributed by atoms with Crippen LogP contribution < -0.4 is 0 Å². The van der Waals surface area contributed by atoms with Crippen LogP contribution in [0.25, 0.3) is 0 Å². The van der Waals surface area contributed by atoms with E-state index in [1.807, 2.05) is 36.6 Å². The summed E-state index contributed by atoms with van der Waals surface area (Å²) in [6, 6.07) is 9.90. The molecule has 11 heavy (non-hydrogen) atoms. The van der Waals surface area contributed by atoms with Gasteiger partial charge in [0, 0.05) is 0 Å². The molecular weight excluding hydrogens is 221 g/mol. The maximum absolute atomic E-state index is 4.30. The molecule has 1 nitrogen and oxygen atoms in total. The van der Waals surface area contributed by atoms with Gasteiger partial charge in [-0.25, -0.2) is 0 Å². The molecule has 0 amide bonds. The first-order chi connectivity index (χ1) is 5.33. The van der Waals surface area contributed by atoms with E-state index in [0.29, 0.717) is 0 Å². The molecule has 0 saturated carbocycles. The zero-order valence-electron chi connectivity index (χ0n) is 6.15. The maximum atomic E-state index is 4.30. The predicted octanol–water partition coefficient (Wildman–Crippen LogP) is 2.21. The van der Waals surface area contributed by atoms with Crippen LogP contribution in [0.1, 0.15) is 0 Å². The molecule has 1 radical (unpaired) electrons. The fourth-order valence-corrected chi connectivity index (χ4v) is 1.07. The van der Waals surface area contributed by atoms with Crippen molar-refractivity contribution in [3.05, 3.63) is 30.3 Å². The Morgan fingerprint density at radius 3 is 2.55 bits per heavy atom. The Bertz CT molecular complexity index is 246. The second-order valence-electron chi connectivity index (χ2n) is 1.92.